The van der Waals surface area contributed by atoms with E-state index >= 15 is 0 Å². The Morgan fingerprint density at radius 3 is 2.72 bits per heavy atom. The van der Waals surface area contributed by atoms with Gasteiger partial charge in [-0.2, -0.15) is 0 Å². The summed E-state index contributed by atoms with van der Waals surface area (Å²) in [5, 5.41) is 3.90. The molecule has 18 heavy (non-hydrogen) atoms. The molecule has 1 aromatic heterocycles. The van der Waals surface area contributed by atoms with Crippen LogP contribution in [0.2, 0.25) is 0 Å². The smallest absolute Gasteiger partial charge is 0.254 e. The van der Waals surface area contributed by atoms with Crippen molar-refractivity contribution in [1.29, 1.82) is 0 Å². The Labute approximate surface area is 112 Å². The van der Waals surface area contributed by atoms with Gasteiger partial charge in [-0.05, 0) is 37.7 Å². The predicted molar refractivity (Wildman–Crippen MR) is 75.1 cm³/mol. The molecule has 0 radical (unpaired) electrons. The molecule has 0 atom stereocenters. The third-order valence-electron chi connectivity index (χ3n) is 4.12. The topological polar surface area (TPSA) is 55.1 Å². The van der Waals surface area contributed by atoms with Crippen molar-refractivity contribution in [2.45, 2.75) is 57.4 Å². The molecule has 3 nitrogen and oxygen atoms in total. The number of anilines is 1. The van der Waals surface area contributed by atoms with Gasteiger partial charge in [0.15, 0.2) is 0 Å². The summed E-state index contributed by atoms with van der Waals surface area (Å²) in [6.07, 6.45) is 9.32. The lowest BCUT2D eigenvalue weighted by molar-refractivity contribution is 0.0928. The summed E-state index contributed by atoms with van der Waals surface area (Å²) in [5.41, 5.74) is 8.03. The second-order valence-corrected chi connectivity index (χ2v) is 6.54. The van der Waals surface area contributed by atoms with E-state index < -0.39 is 0 Å². The van der Waals surface area contributed by atoms with Gasteiger partial charge in [-0.15, -0.1) is 11.3 Å². The van der Waals surface area contributed by atoms with Gasteiger partial charge in [-0.1, -0.05) is 19.3 Å². The summed E-state index contributed by atoms with van der Waals surface area (Å²) < 4.78 is 0. The SMILES string of the molecule is Nc1sc2c(c1C(=O)NC1CCCCC1)CCC2. The van der Waals surface area contributed by atoms with Crippen molar-refractivity contribution in [3.05, 3.63) is 16.0 Å². The van der Waals surface area contributed by atoms with E-state index in [1.165, 1.54) is 36.1 Å². The second-order valence-electron chi connectivity index (χ2n) is 5.40. The van der Waals surface area contributed by atoms with E-state index in [2.05, 4.69) is 5.32 Å². The zero-order valence-corrected chi connectivity index (χ0v) is 11.4. The Morgan fingerprint density at radius 1 is 1.17 bits per heavy atom. The second kappa shape index (κ2) is 4.92. The third-order valence-corrected chi connectivity index (χ3v) is 5.24. The molecule has 0 saturated heterocycles. The molecule has 2 aliphatic rings. The van der Waals surface area contributed by atoms with E-state index in [0.29, 0.717) is 11.0 Å². The Balaban J connectivity index is 1.75. The van der Waals surface area contributed by atoms with Gasteiger partial charge < -0.3 is 11.1 Å². The van der Waals surface area contributed by atoms with E-state index in [0.717, 1.165) is 31.2 Å². The Bertz CT molecular complexity index is 461. The first kappa shape index (κ1) is 12.0. The first-order valence-electron chi connectivity index (χ1n) is 6.96. The quantitative estimate of drug-likeness (QED) is 0.863. The predicted octanol–water partition coefficient (Wildman–Crippen LogP) is 2.88. The van der Waals surface area contributed by atoms with Crippen LogP contribution in [0.15, 0.2) is 0 Å². The molecule has 1 saturated carbocycles. The van der Waals surface area contributed by atoms with E-state index in [-0.39, 0.29) is 5.91 Å². The van der Waals surface area contributed by atoms with E-state index in [4.69, 9.17) is 5.73 Å². The molecule has 3 rings (SSSR count). The molecule has 1 fully saturated rings. The van der Waals surface area contributed by atoms with Crippen LogP contribution in [0, 0.1) is 0 Å². The first-order chi connectivity index (χ1) is 8.75. The lowest BCUT2D eigenvalue weighted by atomic mass is 9.95. The summed E-state index contributed by atoms with van der Waals surface area (Å²) in [6, 6.07) is 0.364. The fourth-order valence-electron chi connectivity index (χ4n) is 3.18. The molecule has 98 valence electrons. The standard InChI is InChI=1S/C14H20N2OS/c15-13-12(10-7-4-8-11(10)18-13)14(17)16-9-5-2-1-3-6-9/h9H,1-8,15H2,(H,16,17). The van der Waals surface area contributed by atoms with Gasteiger partial charge in [0.1, 0.15) is 0 Å². The molecule has 2 aliphatic carbocycles. The molecular formula is C14H20N2OS. The van der Waals surface area contributed by atoms with Gasteiger partial charge in [-0.3, -0.25) is 4.79 Å². The maximum atomic E-state index is 12.4. The zero-order valence-electron chi connectivity index (χ0n) is 10.6. The van der Waals surface area contributed by atoms with Crippen molar-refractivity contribution >= 4 is 22.2 Å². The van der Waals surface area contributed by atoms with Crippen LogP contribution >= 0.6 is 11.3 Å². The number of hydrogen-bond acceptors (Lipinski definition) is 3. The van der Waals surface area contributed by atoms with Crippen LogP contribution in [0.4, 0.5) is 5.00 Å². The van der Waals surface area contributed by atoms with Crippen molar-refractivity contribution in [3.63, 3.8) is 0 Å². The van der Waals surface area contributed by atoms with Crippen molar-refractivity contribution < 1.29 is 4.79 Å². The van der Waals surface area contributed by atoms with Crippen molar-refractivity contribution in [1.82, 2.24) is 5.32 Å². The van der Waals surface area contributed by atoms with Gasteiger partial charge in [0.05, 0.1) is 10.6 Å². The number of hydrogen-bond donors (Lipinski definition) is 2. The fourth-order valence-corrected chi connectivity index (χ4v) is 4.34. The summed E-state index contributed by atoms with van der Waals surface area (Å²) in [4.78, 5) is 13.7. The van der Waals surface area contributed by atoms with Crippen LogP contribution < -0.4 is 11.1 Å². The lowest BCUT2D eigenvalue weighted by Gasteiger charge is -2.22. The average molecular weight is 264 g/mol. The van der Waals surface area contributed by atoms with Gasteiger partial charge in [0, 0.05) is 10.9 Å². The minimum Gasteiger partial charge on any atom is -0.390 e. The number of thiophene rings is 1. The largest absolute Gasteiger partial charge is 0.390 e. The van der Waals surface area contributed by atoms with Gasteiger partial charge in [-0.25, -0.2) is 0 Å². The van der Waals surface area contributed by atoms with Crippen LogP contribution in [0.25, 0.3) is 0 Å². The van der Waals surface area contributed by atoms with Crippen LogP contribution in [0.3, 0.4) is 0 Å². The van der Waals surface area contributed by atoms with Crippen LogP contribution in [-0.4, -0.2) is 11.9 Å². The molecule has 0 aromatic carbocycles. The molecule has 0 unspecified atom stereocenters. The van der Waals surface area contributed by atoms with Crippen molar-refractivity contribution in [3.8, 4) is 0 Å². The lowest BCUT2D eigenvalue weighted by Crippen LogP contribution is -2.36. The molecule has 1 aromatic rings. The highest BCUT2D eigenvalue weighted by Crippen LogP contribution is 2.37. The number of rotatable bonds is 2. The minimum atomic E-state index is 0.0683. The number of nitrogen functional groups attached to an aromatic ring is 1. The van der Waals surface area contributed by atoms with Gasteiger partial charge in [0.2, 0.25) is 0 Å². The number of nitrogens with one attached hydrogen (secondary N) is 1. The Kier molecular flexibility index (Phi) is 3.29. The molecule has 4 heteroatoms. The highest BCUT2D eigenvalue weighted by molar-refractivity contribution is 7.16. The van der Waals surface area contributed by atoms with Crippen LogP contribution in [0.5, 0.6) is 0 Å². The monoisotopic (exact) mass is 264 g/mol. The third kappa shape index (κ3) is 2.14. The molecule has 1 amide bonds. The van der Waals surface area contributed by atoms with E-state index in [9.17, 15) is 4.79 Å². The van der Waals surface area contributed by atoms with Crippen molar-refractivity contribution in [2.75, 3.05) is 5.73 Å². The van der Waals surface area contributed by atoms with Gasteiger partial charge >= 0.3 is 0 Å². The Morgan fingerprint density at radius 2 is 1.94 bits per heavy atom. The molecule has 3 N–H and O–H groups in total. The highest BCUT2D eigenvalue weighted by atomic mass is 32.1. The van der Waals surface area contributed by atoms with E-state index in [1.807, 2.05) is 0 Å². The number of fused-ring (bicyclic) bond motifs is 1. The zero-order chi connectivity index (χ0) is 12.5. The summed E-state index contributed by atoms with van der Waals surface area (Å²) in [7, 11) is 0. The highest BCUT2D eigenvalue weighted by Gasteiger charge is 2.26. The minimum absolute atomic E-state index is 0.0683. The fraction of sp³-hybridized carbons (Fsp3) is 0.643. The molecule has 1 heterocycles. The maximum absolute atomic E-state index is 12.4. The first-order valence-corrected chi connectivity index (χ1v) is 7.78. The maximum Gasteiger partial charge on any atom is 0.254 e. The number of amides is 1. The Hall–Kier alpha value is -1.03. The molecule has 0 spiro atoms. The molecule has 0 aliphatic heterocycles. The van der Waals surface area contributed by atoms with Crippen molar-refractivity contribution in [2.24, 2.45) is 0 Å². The normalized spacial score (nSPS) is 19.8. The van der Waals surface area contributed by atoms with Crippen LogP contribution in [0.1, 0.15) is 59.3 Å². The number of nitrogens with two attached hydrogens (primary N) is 1. The summed E-state index contributed by atoms with van der Waals surface area (Å²) in [5.74, 6) is 0.0683. The molecular weight excluding hydrogens is 244 g/mol. The van der Waals surface area contributed by atoms with Crippen LogP contribution in [-0.2, 0) is 12.8 Å². The number of carbonyl (C=O) groups is 1. The number of aryl methyl sites for hydroxylation is 1. The number of carbonyl (C=O) groups excluding carboxylic acids is 1. The van der Waals surface area contributed by atoms with E-state index in [1.54, 1.807) is 11.3 Å². The molecule has 0 bridgehead atoms. The van der Waals surface area contributed by atoms with Gasteiger partial charge in [0.25, 0.3) is 5.91 Å². The summed E-state index contributed by atoms with van der Waals surface area (Å²) in [6.45, 7) is 0. The average Bonchev–Trinajstić information content (AvgIpc) is 2.89. The summed E-state index contributed by atoms with van der Waals surface area (Å²) >= 11 is 1.61.